The van der Waals surface area contributed by atoms with Gasteiger partial charge in [0, 0.05) is 0 Å². The van der Waals surface area contributed by atoms with Crippen LogP contribution < -0.4 is 0 Å². The van der Waals surface area contributed by atoms with Crippen molar-refractivity contribution in [2.45, 2.75) is 0 Å². The Morgan fingerprint density at radius 1 is 0.250 bits per heavy atom. The van der Waals surface area contributed by atoms with Crippen molar-refractivity contribution in [2.24, 2.45) is 0 Å². The Bertz CT molecular complexity index is 2200. The fraction of sp³-hybridized carbons (Fsp3) is 0. The molecule has 0 spiro atoms. The average molecular weight is 507 g/mol. The van der Waals surface area contributed by atoms with Crippen molar-refractivity contribution in [3.05, 3.63) is 158 Å². The van der Waals surface area contributed by atoms with Crippen LogP contribution in [0, 0.1) is 0 Å². The molecule has 0 aromatic heterocycles. The van der Waals surface area contributed by atoms with Gasteiger partial charge in [0.05, 0.1) is 0 Å². The van der Waals surface area contributed by atoms with Crippen molar-refractivity contribution in [3.8, 4) is 33.4 Å². The summed E-state index contributed by atoms with van der Waals surface area (Å²) in [5.74, 6) is 0. The number of fused-ring (bicyclic) bond motifs is 4. The number of hydrogen-bond acceptors (Lipinski definition) is 0. The van der Waals surface area contributed by atoms with Gasteiger partial charge in [-0.25, -0.2) is 0 Å². The predicted molar refractivity (Wildman–Crippen MR) is 173 cm³/mol. The van der Waals surface area contributed by atoms with Crippen LogP contribution in [-0.4, -0.2) is 0 Å². The molecule has 0 bridgehead atoms. The highest BCUT2D eigenvalue weighted by molar-refractivity contribution is 6.18. The molecule has 0 aliphatic rings. The van der Waals surface area contributed by atoms with E-state index in [0.717, 1.165) is 0 Å². The Labute approximate surface area is 233 Å². The Morgan fingerprint density at radius 3 is 1.62 bits per heavy atom. The maximum absolute atomic E-state index is 2.38. The molecule has 0 aliphatic heterocycles. The van der Waals surface area contributed by atoms with Crippen LogP contribution in [0.3, 0.4) is 0 Å². The minimum absolute atomic E-state index is 1.23. The third-order valence-corrected chi connectivity index (χ3v) is 8.20. The molecule has 0 saturated heterocycles. The lowest BCUT2D eigenvalue weighted by atomic mass is 9.87. The first-order valence-corrected chi connectivity index (χ1v) is 13.9. The summed E-state index contributed by atoms with van der Waals surface area (Å²) < 4.78 is 0. The Balaban J connectivity index is 1.43. The highest BCUT2D eigenvalue weighted by atomic mass is 14.2. The molecule has 186 valence electrons. The van der Waals surface area contributed by atoms with Crippen LogP contribution in [0.1, 0.15) is 0 Å². The van der Waals surface area contributed by atoms with Crippen molar-refractivity contribution in [1.29, 1.82) is 0 Å². The second-order valence-corrected chi connectivity index (χ2v) is 10.5. The van der Waals surface area contributed by atoms with Gasteiger partial charge in [-0.3, -0.25) is 0 Å². The van der Waals surface area contributed by atoms with Crippen LogP contribution in [0.25, 0.3) is 76.5 Å². The molecular weight excluding hydrogens is 480 g/mol. The number of hydrogen-bond donors (Lipinski definition) is 0. The van der Waals surface area contributed by atoms with Crippen LogP contribution in [0.2, 0.25) is 0 Å². The van der Waals surface area contributed by atoms with Gasteiger partial charge in [-0.05, 0) is 101 Å². The first-order valence-electron chi connectivity index (χ1n) is 13.9. The minimum atomic E-state index is 1.23. The van der Waals surface area contributed by atoms with Crippen LogP contribution in [0.4, 0.5) is 0 Å². The minimum Gasteiger partial charge on any atom is -0.0622 e. The molecule has 0 aliphatic carbocycles. The Hall–Kier alpha value is -5.20. The second-order valence-electron chi connectivity index (χ2n) is 10.5. The van der Waals surface area contributed by atoms with Crippen LogP contribution in [0.5, 0.6) is 0 Å². The summed E-state index contributed by atoms with van der Waals surface area (Å²) in [6.07, 6.45) is 0. The molecule has 8 aromatic carbocycles. The summed E-state index contributed by atoms with van der Waals surface area (Å²) in [7, 11) is 0. The lowest BCUT2D eigenvalue weighted by molar-refractivity contribution is 1.61. The molecule has 0 fully saturated rings. The van der Waals surface area contributed by atoms with E-state index in [9.17, 15) is 0 Å². The summed E-state index contributed by atoms with van der Waals surface area (Å²) in [6, 6.07) is 57.6. The van der Waals surface area contributed by atoms with E-state index in [2.05, 4.69) is 158 Å². The maximum atomic E-state index is 2.38. The second kappa shape index (κ2) is 9.22. The van der Waals surface area contributed by atoms with Gasteiger partial charge in [0.15, 0.2) is 0 Å². The topological polar surface area (TPSA) is 0 Å². The van der Waals surface area contributed by atoms with Crippen LogP contribution >= 0.6 is 0 Å². The molecule has 40 heavy (non-hydrogen) atoms. The van der Waals surface area contributed by atoms with E-state index < -0.39 is 0 Å². The number of benzene rings is 8. The van der Waals surface area contributed by atoms with E-state index in [1.807, 2.05) is 0 Å². The van der Waals surface area contributed by atoms with Gasteiger partial charge in [-0.15, -0.1) is 0 Å². The molecule has 0 heteroatoms. The fourth-order valence-electron chi connectivity index (χ4n) is 6.32. The molecule has 0 unspecified atom stereocenters. The summed E-state index contributed by atoms with van der Waals surface area (Å²) in [6.45, 7) is 0. The molecule has 8 aromatic rings. The van der Waals surface area contributed by atoms with E-state index in [1.165, 1.54) is 76.5 Å². The summed E-state index contributed by atoms with van der Waals surface area (Å²) in [5.41, 5.74) is 7.54. The van der Waals surface area contributed by atoms with E-state index in [4.69, 9.17) is 0 Å². The van der Waals surface area contributed by atoms with Gasteiger partial charge < -0.3 is 0 Å². The van der Waals surface area contributed by atoms with Gasteiger partial charge in [-0.1, -0.05) is 133 Å². The fourth-order valence-corrected chi connectivity index (χ4v) is 6.32. The average Bonchev–Trinajstić information content (AvgIpc) is 3.02. The van der Waals surface area contributed by atoms with E-state index >= 15 is 0 Å². The van der Waals surface area contributed by atoms with E-state index in [0.29, 0.717) is 0 Å². The summed E-state index contributed by atoms with van der Waals surface area (Å²) in [5, 5.41) is 10.2. The lowest BCUT2D eigenvalue weighted by Crippen LogP contribution is -1.90. The highest BCUT2D eigenvalue weighted by Crippen LogP contribution is 2.42. The van der Waals surface area contributed by atoms with Gasteiger partial charge in [0.1, 0.15) is 0 Å². The molecule has 0 atom stereocenters. The third kappa shape index (κ3) is 3.69. The molecule has 0 nitrogen and oxygen atoms in total. The normalized spacial score (nSPS) is 11.5. The third-order valence-electron chi connectivity index (χ3n) is 8.20. The Morgan fingerprint density at radius 2 is 0.775 bits per heavy atom. The Kier molecular flexibility index (Phi) is 5.24. The monoisotopic (exact) mass is 506 g/mol. The molecular formula is C40H26. The van der Waals surface area contributed by atoms with Crippen LogP contribution in [-0.2, 0) is 0 Å². The van der Waals surface area contributed by atoms with Crippen molar-refractivity contribution >= 4 is 43.1 Å². The smallest absolute Gasteiger partial charge is 0.00264 e. The maximum Gasteiger partial charge on any atom is -0.00264 e. The summed E-state index contributed by atoms with van der Waals surface area (Å²) >= 11 is 0. The van der Waals surface area contributed by atoms with Crippen molar-refractivity contribution in [2.75, 3.05) is 0 Å². The SMILES string of the molecule is c1ccc(-c2cccc(-c3c4ccccc4cc4c(-c5cccc6cc7ccccc7cc56)cccc34)c2)cc1. The van der Waals surface area contributed by atoms with Crippen molar-refractivity contribution in [1.82, 2.24) is 0 Å². The molecule has 0 saturated carbocycles. The standard InChI is InChI=1S/C40H26/c1-2-11-27(12-3-1)28-16-8-18-33(24-28)40-34-19-7-6-15-32(34)26-39-36(21-10-22-37(39)40)35-20-9-17-31-23-29-13-4-5-14-30(29)25-38(31)35/h1-26H. The zero-order chi connectivity index (χ0) is 26.5. The predicted octanol–water partition coefficient (Wildman–Crippen LogP) is 11.3. The van der Waals surface area contributed by atoms with E-state index in [-0.39, 0.29) is 0 Å². The first-order chi connectivity index (χ1) is 19.8. The largest absolute Gasteiger partial charge is 0.0622 e. The van der Waals surface area contributed by atoms with Gasteiger partial charge in [-0.2, -0.15) is 0 Å². The number of rotatable bonds is 3. The van der Waals surface area contributed by atoms with Gasteiger partial charge in [0.2, 0.25) is 0 Å². The molecule has 8 rings (SSSR count). The van der Waals surface area contributed by atoms with Crippen molar-refractivity contribution < 1.29 is 0 Å². The van der Waals surface area contributed by atoms with Crippen LogP contribution in [0.15, 0.2) is 158 Å². The van der Waals surface area contributed by atoms with Gasteiger partial charge >= 0.3 is 0 Å². The van der Waals surface area contributed by atoms with Crippen molar-refractivity contribution in [3.63, 3.8) is 0 Å². The zero-order valence-corrected chi connectivity index (χ0v) is 22.0. The molecule has 0 amide bonds. The van der Waals surface area contributed by atoms with Gasteiger partial charge in [0.25, 0.3) is 0 Å². The quantitative estimate of drug-likeness (QED) is 0.209. The molecule has 0 heterocycles. The summed E-state index contributed by atoms with van der Waals surface area (Å²) in [4.78, 5) is 0. The zero-order valence-electron chi connectivity index (χ0n) is 22.0. The lowest BCUT2D eigenvalue weighted by Gasteiger charge is -2.17. The van der Waals surface area contributed by atoms with E-state index in [1.54, 1.807) is 0 Å². The molecule has 0 radical (unpaired) electrons. The first kappa shape index (κ1) is 22.8. The highest BCUT2D eigenvalue weighted by Gasteiger charge is 2.15. The molecule has 0 N–H and O–H groups in total.